The van der Waals surface area contributed by atoms with Crippen LogP contribution in [0.25, 0.3) is 53.2 Å². The third-order valence-corrected chi connectivity index (χ3v) is 18.3. The number of hydrogen-bond acceptors (Lipinski definition) is 2. The maximum Gasteiger partial charge on any atom is 0.179 e. The number of benzene rings is 10. The Balaban J connectivity index is 1.12. The first-order valence-electron chi connectivity index (χ1n) is 20.9. The third kappa shape index (κ3) is 6.38. The highest BCUT2D eigenvalue weighted by atomic mass is 32.1. The van der Waals surface area contributed by atoms with E-state index in [1.807, 2.05) is 11.3 Å². The van der Waals surface area contributed by atoms with Gasteiger partial charge in [-0.25, -0.2) is 0 Å². The smallest absolute Gasteiger partial charge is 0.179 e. The van der Waals surface area contributed by atoms with E-state index >= 15 is 0 Å². The fraction of sp³-hybridized carbons (Fsp3) is 0. The van der Waals surface area contributed by atoms with Gasteiger partial charge in [-0.05, 0) is 84.1 Å². The van der Waals surface area contributed by atoms with Crippen LogP contribution in [0.15, 0.2) is 249 Å². The summed E-state index contributed by atoms with van der Waals surface area (Å²) in [6, 6.07) is 91.8. The van der Waals surface area contributed by atoms with Crippen LogP contribution in [0.3, 0.4) is 0 Å². The highest BCUT2D eigenvalue weighted by Gasteiger charge is 2.41. The second-order valence-electron chi connectivity index (χ2n) is 15.6. The van der Waals surface area contributed by atoms with Gasteiger partial charge in [0.25, 0.3) is 0 Å². The Kier molecular flexibility index (Phi) is 9.46. The quantitative estimate of drug-likeness (QED) is 0.104. The molecule has 11 aromatic rings. The van der Waals surface area contributed by atoms with Gasteiger partial charge < -0.3 is 4.90 Å². The van der Waals surface area contributed by atoms with E-state index in [0.29, 0.717) is 0 Å². The fourth-order valence-electron chi connectivity index (χ4n) is 9.45. The molecule has 3 heteroatoms. The Labute approximate surface area is 362 Å². The van der Waals surface area contributed by atoms with Crippen LogP contribution in [-0.4, -0.2) is 8.07 Å². The van der Waals surface area contributed by atoms with Crippen molar-refractivity contribution in [3.05, 3.63) is 249 Å². The molecule has 0 aliphatic heterocycles. The lowest BCUT2D eigenvalue weighted by Crippen LogP contribution is -2.74. The van der Waals surface area contributed by atoms with Crippen molar-refractivity contribution >= 4 is 88.2 Å². The molecule has 0 saturated heterocycles. The van der Waals surface area contributed by atoms with Crippen LogP contribution in [0, 0.1) is 0 Å². The molecule has 0 unspecified atom stereocenters. The minimum absolute atomic E-state index is 1.11. The molecule has 0 fully saturated rings. The molecule has 1 nitrogen and oxygen atoms in total. The average molecular weight is 812 g/mol. The molecule has 0 spiro atoms. The molecule has 10 aromatic carbocycles. The zero-order valence-electron chi connectivity index (χ0n) is 33.5. The van der Waals surface area contributed by atoms with Crippen molar-refractivity contribution in [3.63, 3.8) is 0 Å². The number of thiophene rings is 1. The van der Waals surface area contributed by atoms with E-state index in [9.17, 15) is 0 Å². The van der Waals surface area contributed by atoms with Gasteiger partial charge in [0.05, 0.1) is 10.4 Å². The first kappa shape index (κ1) is 36.8. The van der Waals surface area contributed by atoms with Crippen LogP contribution in [0.1, 0.15) is 0 Å². The lowest BCUT2D eigenvalue weighted by molar-refractivity contribution is 1.30. The van der Waals surface area contributed by atoms with Gasteiger partial charge in [-0.15, -0.1) is 11.3 Å². The number of rotatable bonds is 9. The van der Waals surface area contributed by atoms with Crippen molar-refractivity contribution in [3.8, 4) is 22.3 Å². The van der Waals surface area contributed by atoms with Gasteiger partial charge in [0.2, 0.25) is 0 Å². The summed E-state index contributed by atoms with van der Waals surface area (Å²) < 4.78 is 2.58. The lowest BCUT2D eigenvalue weighted by atomic mass is 9.98. The predicted molar refractivity (Wildman–Crippen MR) is 266 cm³/mol. The third-order valence-electron chi connectivity index (χ3n) is 12.2. The maximum absolute atomic E-state index is 2.70. The van der Waals surface area contributed by atoms with Gasteiger partial charge in [-0.1, -0.05) is 218 Å². The zero-order valence-corrected chi connectivity index (χ0v) is 35.3. The molecule has 1 heterocycles. The molecule has 288 valence electrons. The number of fused-ring (bicyclic) bond motifs is 4. The highest BCUT2D eigenvalue weighted by molar-refractivity contribution is 7.27. The highest BCUT2D eigenvalue weighted by Crippen LogP contribution is 2.47. The molecule has 61 heavy (non-hydrogen) atoms. The van der Waals surface area contributed by atoms with E-state index in [-0.39, 0.29) is 0 Å². The summed E-state index contributed by atoms with van der Waals surface area (Å²) in [5.74, 6) is 0. The second kappa shape index (κ2) is 15.7. The summed E-state index contributed by atoms with van der Waals surface area (Å²) in [6.07, 6.45) is 0. The molecule has 0 saturated carbocycles. The predicted octanol–water partition coefficient (Wildman–Crippen LogP) is 13.4. The van der Waals surface area contributed by atoms with Gasteiger partial charge in [0, 0.05) is 26.8 Å². The second-order valence-corrected chi connectivity index (χ2v) is 20.4. The van der Waals surface area contributed by atoms with E-state index in [1.165, 1.54) is 79.6 Å². The van der Waals surface area contributed by atoms with E-state index in [2.05, 4.69) is 254 Å². The SMILES string of the molecule is c1ccc(-c2cccc3c2sc2c(N(c4ccc(-c5cccc6ccccc56)cc4)c4ccc([Si](c5ccccc5)(c5ccccc5)c5ccccc5)cc4)cccc23)cc1. The summed E-state index contributed by atoms with van der Waals surface area (Å²) in [4.78, 5) is 2.47. The molecule has 0 atom stereocenters. The summed E-state index contributed by atoms with van der Waals surface area (Å²) >= 11 is 1.89. The van der Waals surface area contributed by atoms with Gasteiger partial charge in [-0.2, -0.15) is 0 Å². The molecule has 0 N–H and O–H groups in total. The first-order chi connectivity index (χ1) is 30.3. The summed E-state index contributed by atoms with van der Waals surface area (Å²) in [5.41, 5.74) is 8.35. The molecular weight excluding hydrogens is 771 g/mol. The Morgan fingerprint density at radius 2 is 0.721 bits per heavy atom. The normalized spacial score (nSPS) is 11.6. The van der Waals surface area contributed by atoms with Gasteiger partial charge >= 0.3 is 0 Å². The van der Waals surface area contributed by atoms with Crippen LogP contribution >= 0.6 is 11.3 Å². The fourth-order valence-corrected chi connectivity index (χ4v) is 15.5. The van der Waals surface area contributed by atoms with Crippen molar-refractivity contribution in [2.45, 2.75) is 0 Å². The summed E-state index contributed by atoms with van der Waals surface area (Å²) in [6.45, 7) is 0. The van der Waals surface area contributed by atoms with Gasteiger partial charge in [-0.3, -0.25) is 0 Å². The zero-order chi connectivity index (χ0) is 40.6. The van der Waals surface area contributed by atoms with Crippen molar-refractivity contribution < 1.29 is 0 Å². The first-order valence-corrected chi connectivity index (χ1v) is 23.7. The van der Waals surface area contributed by atoms with E-state index in [4.69, 9.17) is 0 Å². The maximum atomic E-state index is 2.47. The average Bonchev–Trinajstić information content (AvgIpc) is 3.74. The van der Waals surface area contributed by atoms with Crippen molar-refractivity contribution in [1.82, 2.24) is 0 Å². The minimum Gasteiger partial charge on any atom is -0.309 e. The molecule has 0 amide bonds. The van der Waals surface area contributed by atoms with E-state index in [0.717, 1.165) is 11.4 Å². The van der Waals surface area contributed by atoms with Gasteiger partial charge in [0.15, 0.2) is 8.07 Å². The van der Waals surface area contributed by atoms with Gasteiger partial charge in [0.1, 0.15) is 0 Å². The van der Waals surface area contributed by atoms with Crippen LogP contribution in [0.5, 0.6) is 0 Å². The number of anilines is 3. The Morgan fingerprint density at radius 1 is 0.295 bits per heavy atom. The lowest BCUT2D eigenvalue weighted by Gasteiger charge is -2.35. The van der Waals surface area contributed by atoms with Crippen molar-refractivity contribution in [2.75, 3.05) is 4.90 Å². The standard InChI is InChI=1S/C58H41NSSi/c1-5-18-43(19-6-1)53-30-16-31-54-55-32-17-33-56(58(55)60-57(53)54)59(45-36-34-44(35-37-45)52-29-15-21-42-20-13-14-28-51(42)52)46-38-40-50(41-39-46)61(47-22-7-2-8-23-47,48-24-9-3-10-25-48)49-26-11-4-12-27-49/h1-41H. The molecule has 0 aliphatic carbocycles. The molecular formula is C58H41NSSi. The summed E-state index contributed by atoms with van der Waals surface area (Å²) in [7, 11) is -2.70. The van der Waals surface area contributed by atoms with Crippen LogP contribution in [-0.2, 0) is 0 Å². The largest absolute Gasteiger partial charge is 0.309 e. The monoisotopic (exact) mass is 811 g/mol. The number of nitrogens with zero attached hydrogens (tertiary/aromatic N) is 1. The number of hydrogen-bond donors (Lipinski definition) is 0. The Bertz CT molecular complexity index is 3170. The molecule has 0 aliphatic rings. The van der Waals surface area contributed by atoms with Crippen molar-refractivity contribution in [1.29, 1.82) is 0 Å². The molecule has 1 aromatic heterocycles. The van der Waals surface area contributed by atoms with Crippen LogP contribution in [0.2, 0.25) is 0 Å². The Hall–Kier alpha value is -7.30. The molecule has 0 radical (unpaired) electrons. The van der Waals surface area contributed by atoms with Crippen LogP contribution in [0.4, 0.5) is 17.1 Å². The van der Waals surface area contributed by atoms with E-state index in [1.54, 1.807) is 0 Å². The summed E-state index contributed by atoms with van der Waals surface area (Å²) in [5, 5.41) is 10.5. The van der Waals surface area contributed by atoms with Crippen LogP contribution < -0.4 is 25.6 Å². The minimum atomic E-state index is -2.70. The molecule has 0 bridgehead atoms. The Morgan fingerprint density at radius 3 is 1.34 bits per heavy atom. The topological polar surface area (TPSA) is 3.24 Å². The van der Waals surface area contributed by atoms with E-state index < -0.39 is 8.07 Å². The molecule has 11 rings (SSSR count). The van der Waals surface area contributed by atoms with Crippen molar-refractivity contribution in [2.24, 2.45) is 0 Å².